The van der Waals surface area contributed by atoms with Crippen molar-refractivity contribution in [3.8, 4) is 0 Å². The Balaban J connectivity index is 2.88. The van der Waals surface area contributed by atoms with E-state index in [2.05, 4.69) is 15.0 Å². The molecule has 50 valence electrons. The molecule has 0 bridgehead atoms. The van der Waals surface area contributed by atoms with Gasteiger partial charge in [-0.2, -0.15) is 0 Å². The maximum atomic E-state index is 4.11. The molecule has 2 heterocycles. The summed E-state index contributed by atoms with van der Waals surface area (Å²) in [6, 6.07) is 1.97. The topological polar surface area (TPSA) is 41.6 Å². The molecule has 0 aliphatic rings. The molecule has 0 spiro atoms. The van der Waals surface area contributed by atoms with Crippen LogP contribution in [-0.2, 0) is 0 Å². The van der Waals surface area contributed by atoms with Crippen LogP contribution in [0.2, 0.25) is 0 Å². The number of aromatic amines is 1. The number of H-pyrrole nitrogens is 1. The molecule has 0 saturated heterocycles. The zero-order valence-electron chi connectivity index (χ0n) is 5.63. The van der Waals surface area contributed by atoms with Gasteiger partial charge < -0.3 is 4.98 Å². The fourth-order valence-electron chi connectivity index (χ4n) is 0.979. The van der Waals surface area contributed by atoms with Gasteiger partial charge >= 0.3 is 0 Å². The van der Waals surface area contributed by atoms with Crippen molar-refractivity contribution >= 4 is 11.2 Å². The van der Waals surface area contributed by atoms with Gasteiger partial charge in [0.25, 0.3) is 0 Å². The van der Waals surface area contributed by atoms with E-state index in [0.717, 1.165) is 16.9 Å². The van der Waals surface area contributed by atoms with E-state index in [4.69, 9.17) is 0 Å². The molecule has 1 N–H and O–H groups in total. The first-order valence-corrected chi connectivity index (χ1v) is 3.12. The van der Waals surface area contributed by atoms with Crippen LogP contribution in [-0.4, -0.2) is 15.0 Å². The number of nitrogens with zero attached hydrogens (tertiary/aromatic N) is 2. The number of fused-ring (bicyclic) bond motifs is 1. The normalized spacial score (nSPS) is 10.5. The third-order valence-corrected chi connectivity index (χ3v) is 1.40. The number of rotatable bonds is 0. The Labute approximate surface area is 58.1 Å². The first-order valence-electron chi connectivity index (χ1n) is 3.12. The van der Waals surface area contributed by atoms with Crippen molar-refractivity contribution in [3.63, 3.8) is 0 Å². The summed E-state index contributed by atoms with van der Waals surface area (Å²) in [5.74, 6) is 0. The van der Waals surface area contributed by atoms with Crippen LogP contribution in [0.1, 0.15) is 5.69 Å². The van der Waals surface area contributed by atoms with Gasteiger partial charge in [-0.15, -0.1) is 0 Å². The van der Waals surface area contributed by atoms with Gasteiger partial charge in [-0.3, -0.25) is 4.98 Å². The minimum absolute atomic E-state index is 0.861. The second-order valence-electron chi connectivity index (χ2n) is 2.24. The quantitative estimate of drug-likeness (QED) is 0.588. The van der Waals surface area contributed by atoms with Crippen LogP contribution in [0.15, 0.2) is 18.5 Å². The molecule has 10 heavy (non-hydrogen) atoms. The SMILES string of the molecule is Cc1cc2nccnc2[nH]1. The molecule has 0 saturated carbocycles. The number of nitrogens with one attached hydrogen (secondary N) is 1. The van der Waals surface area contributed by atoms with E-state index in [-0.39, 0.29) is 0 Å². The summed E-state index contributed by atoms with van der Waals surface area (Å²) in [5.41, 5.74) is 2.89. The predicted octanol–water partition coefficient (Wildman–Crippen LogP) is 1.27. The van der Waals surface area contributed by atoms with Gasteiger partial charge in [0.05, 0.1) is 0 Å². The van der Waals surface area contributed by atoms with E-state index in [1.54, 1.807) is 12.4 Å². The fraction of sp³-hybridized carbons (Fsp3) is 0.143. The largest absolute Gasteiger partial charge is 0.342 e. The van der Waals surface area contributed by atoms with Crippen molar-refractivity contribution in [2.45, 2.75) is 6.92 Å². The van der Waals surface area contributed by atoms with Crippen molar-refractivity contribution in [1.82, 2.24) is 15.0 Å². The third kappa shape index (κ3) is 0.673. The molecule has 0 unspecified atom stereocenters. The van der Waals surface area contributed by atoms with Crippen molar-refractivity contribution in [1.29, 1.82) is 0 Å². The van der Waals surface area contributed by atoms with Gasteiger partial charge in [0.15, 0.2) is 5.65 Å². The number of hydrogen-bond donors (Lipinski definition) is 1. The Hall–Kier alpha value is -1.38. The van der Waals surface area contributed by atoms with Crippen LogP contribution in [0.25, 0.3) is 11.2 Å². The summed E-state index contributed by atoms with van der Waals surface area (Å²) in [7, 11) is 0. The molecule has 2 aromatic heterocycles. The highest BCUT2D eigenvalue weighted by molar-refractivity contribution is 5.70. The van der Waals surface area contributed by atoms with Crippen molar-refractivity contribution < 1.29 is 0 Å². The van der Waals surface area contributed by atoms with Crippen molar-refractivity contribution in [3.05, 3.63) is 24.2 Å². The molecule has 0 aliphatic carbocycles. The molecule has 0 amide bonds. The van der Waals surface area contributed by atoms with Gasteiger partial charge in [-0.25, -0.2) is 4.98 Å². The Morgan fingerprint density at radius 3 is 2.90 bits per heavy atom. The predicted molar refractivity (Wildman–Crippen MR) is 38.6 cm³/mol. The Morgan fingerprint density at radius 2 is 2.10 bits per heavy atom. The van der Waals surface area contributed by atoms with E-state index < -0.39 is 0 Å². The van der Waals surface area contributed by atoms with Gasteiger partial charge in [-0.05, 0) is 13.0 Å². The molecule has 0 aliphatic heterocycles. The van der Waals surface area contributed by atoms with Crippen LogP contribution in [0.4, 0.5) is 0 Å². The molecule has 0 radical (unpaired) electrons. The van der Waals surface area contributed by atoms with E-state index in [9.17, 15) is 0 Å². The zero-order chi connectivity index (χ0) is 6.97. The standard InChI is InChI=1S/C7H7N3/c1-5-4-6-7(10-5)9-3-2-8-6/h2-4H,1H3,(H,9,10). The minimum Gasteiger partial charge on any atom is -0.342 e. The number of hydrogen-bond acceptors (Lipinski definition) is 2. The Kier molecular flexibility index (Phi) is 0.974. The average Bonchev–Trinajstić information content (AvgIpc) is 2.27. The van der Waals surface area contributed by atoms with Crippen LogP contribution < -0.4 is 0 Å². The minimum atomic E-state index is 0.861. The summed E-state index contributed by atoms with van der Waals surface area (Å²) >= 11 is 0. The maximum Gasteiger partial charge on any atom is 0.156 e. The summed E-state index contributed by atoms with van der Waals surface area (Å²) in [6.07, 6.45) is 3.37. The van der Waals surface area contributed by atoms with Gasteiger partial charge in [0, 0.05) is 18.1 Å². The van der Waals surface area contributed by atoms with E-state index in [1.165, 1.54) is 0 Å². The molecule has 2 aromatic rings. The average molecular weight is 133 g/mol. The second-order valence-corrected chi connectivity index (χ2v) is 2.24. The lowest BCUT2D eigenvalue weighted by Crippen LogP contribution is -1.76. The van der Waals surface area contributed by atoms with Gasteiger partial charge in [-0.1, -0.05) is 0 Å². The molecule has 0 atom stereocenters. The first kappa shape index (κ1) is 5.41. The van der Waals surface area contributed by atoms with Crippen LogP contribution in [0.3, 0.4) is 0 Å². The number of aryl methyl sites for hydroxylation is 1. The highest BCUT2D eigenvalue weighted by Gasteiger charge is 1.95. The lowest BCUT2D eigenvalue weighted by atomic mass is 10.4. The maximum absolute atomic E-state index is 4.11. The smallest absolute Gasteiger partial charge is 0.156 e. The summed E-state index contributed by atoms with van der Waals surface area (Å²) in [6.45, 7) is 1.99. The lowest BCUT2D eigenvalue weighted by Gasteiger charge is -1.82. The third-order valence-electron chi connectivity index (χ3n) is 1.40. The van der Waals surface area contributed by atoms with Crippen LogP contribution in [0.5, 0.6) is 0 Å². The lowest BCUT2D eigenvalue weighted by molar-refractivity contribution is 1.23. The Bertz CT molecular complexity index is 317. The number of aromatic nitrogens is 3. The van der Waals surface area contributed by atoms with E-state index in [1.807, 2.05) is 13.0 Å². The monoisotopic (exact) mass is 133 g/mol. The molecule has 0 aromatic carbocycles. The molecule has 3 nitrogen and oxygen atoms in total. The van der Waals surface area contributed by atoms with Crippen LogP contribution >= 0.6 is 0 Å². The zero-order valence-corrected chi connectivity index (χ0v) is 5.63. The van der Waals surface area contributed by atoms with E-state index >= 15 is 0 Å². The molecular formula is C7H7N3. The highest BCUT2D eigenvalue weighted by atomic mass is 14.9. The van der Waals surface area contributed by atoms with Crippen molar-refractivity contribution in [2.24, 2.45) is 0 Å². The summed E-state index contributed by atoms with van der Waals surface area (Å²) in [5, 5.41) is 0. The molecule has 2 rings (SSSR count). The fourth-order valence-corrected chi connectivity index (χ4v) is 0.979. The second kappa shape index (κ2) is 1.80. The summed E-state index contributed by atoms with van der Waals surface area (Å²) in [4.78, 5) is 11.3. The molecule has 3 heteroatoms. The van der Waals surface area contributed by atoms with Crippen molar-refractivity contribution in [2.75, 3.05) is 0 Å². The van der Waals surface area contributed by atoms with Gasteiger partial charge in [0.1, 0.15) is 5.52 Å². The van der Waals surface area contributed by atoms with E-state index in [0.29, 0.717) is 0 Å². The molecule has 0 fully saturated rings. The van der Waals surface area contributed by atoms with Crippen LogP contribution in [0, 0.1) is 6.92 Å². The Morgan fingerprint density at radius 1 is 1.30 bits per heavy atom. The highest BCUT2D eigenvalue weighted by Crippen LogP contribution is 2.06. The first-order chi connectivity index (χ1) is 4.86. The molecular weight excluding hydrogens is 126 g/mol. The summed E-state index contributed by atoms with van der Waals surface area (Å²) < 4.78 is 0. The van der Waals surface area contributed by atoms with Gasteiger partial charge in [0.2, 0.25) is 0 Å².